The molecular weight excluding hydrogens is 439 g/mol. The van der Waals surface area contributed by atoms with Crippen molar-refractivity contribution in [2.75, 3.05) is 5.32 Å². The fourth-order valence-electron chi connectivity index (χ4n) is 3.97. The number of hydrogen-bond acceptors (Lipinski definition) is 6. The van der Waals surface area contributed by atoms with Crippen LogP contribution in [0.1, 0.15) is 24.2 Å². The average Bonchev–Trinajstić information content (AvgIpc) is 3.37. The van der Waals surface area contributed by atoms with Crippen molar-refractivity contribution >= 4 is 33.5 Å². The molecular formula is C24H21FN6O3. The molecule has 3 heterocycles. The van der Waals surface area contributed by atoms with E-state index in [1.165, 1.54) is 23.0 Å². The summed E-state index contributed by atoms with van der Waals surface area (Å²) in [4.78, 5) is 34.8. The normalized spacial score (nSPS) is 11.4. The van der Waals surface area contributed by atoms with Crippen LogP contribution >= 0.6 is 0 Å². The molecule has 10 heteroatoms. The average molecular weight is 460 g/mol. The van der Waals surface area contributed by atoms with Crippen molar-refractivity contribution < 1.29 is 13.7 Å². The number of carbonyl (C=O) groups excluding carboxylic acids is 1. The van der Waals surface area contributed by atoms with Gasteiger partial charge in [-0.15, -0.1) is 0 Å². The summed E-state index contributed by atoms with van der Waals surface area (Å²) in [5, 5.41) is 7.04. The summed E-state index contributed by atoms with van der Waals surface area (Å²) in [5.41, 5.74) is 2.44. The molecule has 0 saturated carbocycles. The van der Waals surface area contributed by atoms with Crippen LogP contribution in [-0.2, 0) is 24.3 Å². The van der Waals surface area contributed by atoms with E-state index in [0.717, 1.165) is 12.0 Å². The molecule has 0 unspecified atom stereocenters. The summed E-state index contributed by atoms with van der Waals surface area (Å²) in [7, 11) is 0. The Labute approximate surface area is 192 Å². The topological polar surface area (TPSA) is 108 Å². The van der Waals surface area contributed by atoms with Crippen molar-refractivity contribution in [3.8, 4) is 0 Å². The Hall–Kier alpha value is -4.34. The molecule has 34 heavy (non-hydrogen) atoms. The zero-order chi connectivity index (χ0) is 23.8. The Balaban J connectivity index is 1.57. The smallest absolute Gasteiger partial charge is 0.278 e. The minimum absolute atomic E-state index is 0.0223. The van der Waals surface area contributed by atoms with Crippen LogP contribution in [0.15, 0.2) is 58.1 Å². The van der Waals surface area contributed by atoms with Crippen molar-refractivity contribution in [2.45, 2.75) is 33.4 Å². The number of anilines is 1. The molecule has 0 bridgehead atoms. The second-order valence-electron chi connectivity index (χ2n) is 7.96. The summed E-state index contributed by atoms with van der Waals surface area (Å²) in [6.07, 6.45) is 2.25. The predicted octanol–water partition coefficient (Wildman–Crippen LogP) is 3.43. The lowest BCUT2D eigenvalue weighted by atomic mass is 10.1. The van der Waals surface area contributed by atoms with Crippen LogP contribution in [0, 0.1) is 12.7 Å². The highest BCUT2D eigenvalue weighted by Gasteiger charge is 2.20. The van der Waals surface area contributed by atoms with Crippen LogP contribution in [0.4, 0.5) is 10.1 Å². The first-order valence-corrected chi connectivity index (χ1v) is 10.8. The second kappa shape index (κ2) is 8.54. The van der Waals surface area contributed by atoms with E-state index in [0.29, 0.717) is 27.9 Å². The van der Waals surface area contributed by atoms with Gasteiger partial charge in [0, 0.05) is 11.1 Å². The number of benzene rings is 2. The van der Waals surface area contributed by atoms with Gasteiger partial charge in [0.05, 0.1) is 11.8 Å². The maximum atomic E-state index is 14.0. The molecule has 0 saturated heterocycles. The fraction of sp³-hybridized carbons (Fsp3) is 0.208. The Bertz CT molecular complexity index is 1580. The Kier molecular flexibility index (Phi) is 5.40. The molecule has 172 valence electrons. The molecule has 0 spiro atoms. The van der Waals surface area contributed by atoms with Gasteiger partial charge in [0.1, 0.15) is 29.9 Å². The molecule has 0 aliphatic rings. The molecule has 1 amide bonds. The number of fused-ring (bicyclic) bond motifs is 3. The number of aryl methyl sites for hydroxylation is 2. The lowest BCUT2D eigenvalue weighted by Gasteiger charge is -2.10. The van der Waals surface area contributed by atoms with Crippen LogP contribution in [-0.4, -0.2) is 30.2 Å². The summed E-state index contributed by atoms with van der Waals surface area (Å²) < 4.78 is 22.0. The van der Waals surface area contributed by atoms with E-state index in [2.05, 4.69) is 27.4 Å². The fourth-order valence-corrected chi connectivity index (χ4v) is 3.97. The van der Waals surface area contributed by atoms with Gasteiger partial charge in [-0.25, -0.2) is 9.37 Å². The molecule has 3 aromatic heterocycles. The van der Waals surface area contributed by atoms with Crippen molar-refractivity contribution in [3.05, 3.63) is 82.2 Å². The number of amides is 1. The van der Waals surface area contributed by atoms with Crippen LogP contribution in [0.5, 0.6) is 0 Å². The van der Waals surface area contributed by atoms with Crippen molar-refractivity contribution in [1.82, 2.24) is 24.3 Å². The van der Waals surface area contributed by atoms with E-state index in [-0.39, 0.29) is 30.4 Å². The second-order valence-corrected chi connectivity index (χ2v) is 7.96. The van der Waals surface area contributed by atoms with Gasteiger partial charge in [0.2, 0.25) is 11.8 Å². The van der Waals surface area contributed by atoms with E-state index >= 15 is 0 Å². The lowest BCUT2D eigenvalue weighted by molar-refractivity contribution is -0.116. The zero-order valence-electron chi connectivity index (χ0n) is 18.6. The van der Waals surface area contributed by atoms with Gasteiger partial charge >= 0.3 is 0 Å². The quantitative estimate of drug-likeness (QED) is 0.416. The standard InChI is InChI=1S/C24H21FN6O3/c1-3-15-4-7-17(8-5-15)28-20(32)11-31-19-9-6-16(25)10-18(19)22-23(31)24(33)30(13-26-22)12-21-27-14(2)29-34-21/h4-10,13H,3,11-12H2,1-2H3,(H,28,32). The summed E-state index contributed by atoms with van der Waals surface area (Å²) in [6.45, 7) is 3.60. The lowest BCUT2D eigenvalue weighted by Crippen LogP contribution is -2.25. The molecule has 5 rings (SSSR count). The minimum atomic E-state index is -0.459. The van der Waals surface area contributed by atoms with Gasteiger partial charge in [-0.3, -0.25) is 14.2 Å². The maximum absolute atomic E-state index is 14.0. The molecule has 5 aromatic rings. The Morgan fingerprint density at radius 3 is 2.68 bits per heavy atom. The van der Waals surface area contributed by atoms with E-state index in [4.69, 9.17) is 4.52 Å². The number of nitrogens with zero attached hydrogens (tertiary/aromatic N) is 5. The van der Waals surface area contributed by atoms with Crippen molar-refractivity contribution in [1.29, 1.82) is 0 Å². The van der Waals surface area contributed by atoms with Gasteiger partial charge in [0.15, 0.2) is 5.82 Å². The molecule has 2 aromatic carbocycles. The van der Waals surface area contributed by atoms with Gasteiger partial charge in [0.25, 0.3) is 5.56 Å². The highest BCUT2D eigenvalue weighted by atomic mass is 19.1. The third-order valence-corrected chi connectivity index (χ3v) is 5.61. The Morgan fingerprint density at radius 2 is 1.97 bits per heavy atom. The monoisotopic (exact) mass is 460 g/mol. The van der Waals surface area contributed by atoms with Crippen LogP contribution in [0.2, 0.25) is 0 Å². The SMILES string of the molecule is CCc1ccc(NC(=O)Cn2c3ccc(F)cc3c3ncn(Cc4nc(C)no4)c(=O)c32)cc1. The molecule has 0 fully saturated rings. The predicted molar refractivity (Wildman–Crippen MR) is 124 cm³/mol. The van der Waals surface area contributed by atoms with Gasteiger partial charge in [-0.1, -0.05) is 24.2 Å². The van der Waals surface area contributed by atoms with Gasteiger partial charge in [-0.2, -0.15) is 4.98 Å². The molecule has 9 nitrogen and oxygen atoms in total. The van der Waals surface area contributed by atoms with Crippen molar-refractivity contribution in [3.63, 3.8) is 0 Å². The third kappa shape index (κ3) is 3.94. The minimum Gasteiger partial charge on any atom is -0.337 e. The molecule has 0 atom stereocenters. The largest absolute Gasteiger partial charge is 0.337 e. The zero-order valence-corrected chi connectivity index (χ0v) is 18.6. The number of nitrogens with one attached hydrogen (secondary N) is 1. The highest BCUT2D eigenvalue weighted by molar-refractivity contribution is 6.06. The van der Waals surface area contributed by atoms with Crippen LogP contribution in [0.25, 0.3) is 21.9 Å². The van der Waals surface area contributed by atoms with Crippen molar-refractivity contribution in [2.24, 2.45) is 0 Å². The number of halogens is 1. The summed E-state index contributed by atoms with van der Waals surface area (Å²) in [5.74, 6) is -0.0814. The van der Waals surface area contributed by atoms with E-state index < -0.39 is 11.4 Å². The highest BCUT2D eigenvalue weighted by Crippen LogP contribution is 2.26. The molecule has 1 N–H and O–H groups in total. The first-order chi connectivity index (χ1) is 16.4. The number of hydrogen-bond donors (Lipinski definition) is 1. The van der Waals surface area contributed by atoms with E-state index in [1.807, 2.05) is 24.3 Å². The van der Waals surface area contributed by atoms with Crippen LogP contribution < -0.4 is 10.9 Å². The maximum Gasteiger partial charge on any atom is 0.278 e. The first-order valence-electron chi connectivity index (χ1n) is 10.8. The molecule has 0 radical (unpaired) electrons. The summed E-state index contributed by atoms with van der Waals surface area (Å²) >= 11 is 0. The number of rotatable bonds is 6. The third-order valence-electron chi connectivity index (χ3n) is 5.61. The Morgan fingerprint density at radius 1 is 1.18 bits per heavy atom. The van der Waals surface area contributed by atoms with Gasteiger partial charge in [-0.05, 0) is 49.2 Å². The first kappa shape index (κ1) is 21.5. The van der Waals surface area contributed by atoms with Gasteiger partial charge < -0.3 is 14.4 Å². The number of carbonyl (C=O) groups is 1. The molecule has 0 aliphatic heterocycles. The van der Waals surface area contributed by atoms with E-state index in [1.54, 1.807) is 17.6 Å². The number of aromatic nitrogens is 5. The van der Waals surface area contributed by atoms with E-state index in [9.17, 15) is 14.0 Å². The molecule has 0 aliphatic carbocycles. The van der Waals surface area contributed by atoms with Crippen LogP contribution in [0.3, 0.4) is 0 Å². The summed E-state index contributed by atoms with van der Waals surface area (Å²) in [6, 6.07) is 11.7.